The Morgan fingerprint density at radius 3 is 1.89 bits per heavy atom. The van der Waals surface area contributed by atoms with Crippen LogP contribution in [0.25, 0.3) is 33.6 Å². The monoisotopic (exact) mass is 766 g/mol. The number of hydrogen-bond donors (Lipinski definition) is 4. The Balaban J connectivity index is 1.32. The van der Waals surface area contributed by atoms with E-state index in [0.717, 1.165) is 59.3 Å². The summed E-state index contributed by atoms with van der Waals surface area (Å²) in [5, 5.41) is 5.18. The number of H-pyrrole nitrogens is 2. The summed E-state index contributed by atoms with van der Waals surface area (Å²) in [7, 11) is 2.76. The van der Waals surface area contributed by atoms with E-state index < -0.39 is 24.3 Å². The number of methoxy groups -OCH3 is 1. The van der Waals surface area contributed by atoms with Gasteiger partial charge in [0, 0.05) is 30.3 Å². The molecule has 4 aromatic rings. The number of aromatic nitrogens is 4. The van der Waals surface area contributed by atoms with Crippen molar-refractivity contribution in [1.82, 2.24) is 40.4 Å². The summed E-state index contributed by atoms with van der Waals surface area (Å²) in [4.78, 5) is 72.6. The number of aromatic amines is 2. The quantitative estimate of drug-likeness (QED) is 0.126. The second-order valence-electron chi connectivity index (χ2n) is 15.5. The van der Waals surface area contributed by atoms with Crippen LogP contribution in [0.15, 0.2) is 60.9 Å². The molecule has 6 atom stereocenters. The standard InChI is InChI=1S/C42H54N8O6/c1-23(2)35(48-42(54)55-8)39(51)49-25(5)14-18-33(49)38-45-22-32(47-38)30-20-28(16-17-29(30)27-12-10-9-11-13-27)31-21-44-37(46-31)34-19-15-26(6)50(34)40(52)36(24(3)4)56-41(53)43-7/h9-13,16-17,20-26,33-36H,14-15,18-19H2,1-8H3,(H,43,53)(H,44,46)(H,45,47)(H,48,54)/t25-,26-,33-,34-,35+,36+/m0/s1. The van der Waals surface area contributed by atoms with Gasteiger partial charge in [0.15, 0.2) is 6.10 Å². The third-order valence-electron chi connectivity index (χ3n) is 11.1. The molecule has 298 valence electrons. The molecule has 2 fully saturated rings. The van der Waals surface area contributed by atoms with E-state index in [4.69, 9.17) is 19.4 Å². The number of likely N-dealkylation sites (tertiary alicyclic amines) is 2. The van der Waals surface area contributed by atoms with E-state index in [0.29, 0.717) is 11.6 Å². The number of benzene rings is 2. The molecule has 0 spiro atoms. The highest BCUT2D eigenvalue weighted by Crippen LogP contribution is 2.40. The maximum atomic E-state index is 14.0. The van der Waals surface area contributed by atoms with Gasteiger partial charge in [-0.2, -0.15) is 0 Å². The van der Waals surface area contributed by atoms with Crippen molar-refractivity contribution in [2.24, 2.45) is 11.8 Å². The Morgan fingerprint density at radius 1 is 0.732 bits per heavy atom. The summed E-state index contributed by atoms with van der Waals surface area (Å²) in [5.74, 6) is 0.562. The summed E-state index contributed by atoms with van der Waals surface area (Å²) < 4.78 is 10.3. The smallest absolute Gasteiger partial charge is 0.407 e. The van der Waals surface area contributed by atoms with E-state index in [-0.39, 0.29) is 47.8 Å². The van der Waals surface area contributed by atoms with Crippen LogP contribution < -0.4 is 10.6 Å². The molecule has 2 aliphatic rings. The summed E-state index contributed by atoms with van der Waals surface area (Å²) in [6.07, 6.45) is 4.42. The maximum Gasteiger partial charge on any atom is 0.407 e. The molecule has 2 aromatic carbocycles. The molecule has 2 aromatic heterocycles. The van der Waals surface area contributed by atoms with Gasteiger partial charge >= 0.3 is 12.2 Å². The Labute approximate surface area is 328 Å². The van der Waals surface area contributed by atoms with Gasteiger partial charge in [0.2, 0.25) is 5.91 Å². The fourth-order valence-corrected chi connectivity index (χ4v) is 8.00. The Kier molecular flexibility index (Phi) is 12.2. The molecule has 0 aliphatic carbocycles. The minimum absolute atomic E-state index is 0.0479. The zero-order chi connectivity index (χ0) is 40.3. The minimum atomic E-state index is -0.925. The predicted octanol–water partition coefficient (Wildman–Crippen LogP) is 7.00. The number of nitrogens with one attached hydrogen (secondary N) is 4. The molecule has 2 saturated heterocycles. The van der Waals surface area contributed by atoms with Gasteiger partial charge in [0.25, 0.3) is 5.91 Å². The van der Waals surface area contributed by atoms with Crippen molar-refractivity contribution < 1.29 is 28.7 Å². The van der Waals surface area contributed by atoms with Crippen LogP contribution in [0.2, 0.25) is 0 Å². The number of alkyl carbamates (subject to hydrolysis) is 2. The topological polar surface area (TPSA) is 175 Å². The molecule has 6 rings (SSSR count). The second kappa shape index (κ2) is 17.0. The van der Waals surface area contributed by atoms with E-state index in [9.17, 15) is 19.2 Å². The lowest BCUT2D eigenvalue weighted by Crippen LogP contribution is -2.52. The Bertz CT molecular complexity index is 2030. The molecule has 56 heavy (non-hydrogen) atoms. The van der Waals surface area contributed by atoms with Crippen molar-refractivity contribution in [2.45, 2.75) is 104 Å². The average Bonchev–Trinajstić information content (AvgIpc) is 4.02. The predicted molar refractivity (Wildman–Crippen MR) is 212 cm³/mol. The number of hydrogen-bond acceptors (Lipinski definition) is 8. The average molecular weight is 767 g/mol. The number of carbonyl (C=O) groups is 4. The first-order valence-corrected chi connectivity index (χ1v) is 19.5. The van der Waals surface area contributed by atoms with Gasteiger partial charge < -0.3 is 39.9 Å². The third kappa shape index (κ3) is 8.14. The summed E-state index contributed by atoms with van der Waals surface area (Å²) in [6, 6.07) is 14.9. The van der Waals surface area contributed by atoms with E-state index in [1.54, 1.807) is 11.1 Å². The zero-order valence-electron chi connectivity index (χ0n) is 33.5. The normalized spacial score (nSPS) is 20.6. The van der Waals surface area contributed by atoms with Crippen LogP contribution in [0.5, 0.6) is 0 Å². The number of imidazole rings is 2. The van der Waals surface area contributed by atoms with Crippen LogP contribution in [-0.4, -0.2) is 92.1 Å². The molecule has 0 saturated carbocycles. The van der Waals surface area contributed by atoms with Crippen LogP contribution in [0, 0.1) is 11.8 Å². The second-order valence-corrected chi connectivity index (χ2v) is 15.5. The largest absolute Gasteiger partial charge is 0.453 e. The molecule has 0 radical (unpaired) electrons. The molecule has 4 N–H and O–H groups in total. The highest BCUT2D eigenvalue weighted by molar-refractivity contribution is 5.88. The van der Waals surface area contributed by atoms with E-state index in [2.05, 4.69) is 44.9 Å². The Morgan fingerprint density at radius 2 is 1.32 bits per heavy atom. The van der Waals surface area contributed by atoms with Gasteiger partial charge in [-0.15, -0.1) is 0 Å². The molecule has 0 bridgehead atoms. The number of rotatable bonds is 11. The summed E-state index contributed by atoms with van der Waals surface area (Å²) >= 11 is 0. The fraction of sp³-hybridized carbons (Fsp3) is 0.476. The van der Waals surface area contributed by atoms with Crippen LogP contribution in [0.3, 0.4) is 0 Å². The molecular weight excluding hydrogens is 713 g/mol. The lowest BCUT2D eigenvalue weighted by atomic mass is 9.95. The molecule has 4 amide bonds. The SMILES string of the molecule is CNC(=O)O[C@@H](C(=O)N1[C@@H](C)CC[C@H]1c1ncc(-c2ccc(-c3ccccc3)c(-c3cnc([C@@H]4CC[C@H](C)N4C(=O)[C@H](NC(=O)OC)C(C)C)[nH]3)c2)[nH]1)C(C)C. The van der Waals surface area contributed by atoms with Crippen LogP contribution >= 0.6 is 0 Å². The minimum Gasteiger partial charge on any atom is -0.453 e. The van der Waals surface area contributed by atoms with Crippen LogP contribution in [0.1, 0.15) is 91.0 Å². The van der Waals surface area contributed by atoms with Gasteiger partial charge in [0.1, 0.15) is 17.7 Å². The number of amides is 4. The van der Waals surface area contributed by atoms with Crippen molar-refractivity contribution >= 4 is 24.0 Å². The van der Waals surface area contributed by atoms with Gasteiger partial charge in [-0.05, 0) is 68.6 Å². The highest BCUT2D eigenvalue weighted by Gasteiger charge is 2.43. The van der Waals surface area contributed by atoms with Gasteiger partial charge in [-0.1, -0.05) is 70.2 Å². The first-order valence-electron chi connectivity index (χ1n) is 19.5. The van der Waals surface area contributed by atoms with Crippen molar-refractivity contribution in [1.29, 1.82) is 0 Å². The summed E-state index contributed by atoms with van der Waals surface area (Å²) in [6.45, 7) is 11.6. The van der Waals surface area contributed by atoms with Crippen LogP contribution in [0.4, 0.5) is 9.59 Å². The number of carbonyl (C=O) groups excluding carboxylic acids is 4. The van der Waals surface area contributed by atoms with Crippen molar-refractivity contribution in [3.05, 3.63) is 72.6 Å². The maximum absolute atomic E-state index is 14.0. The van der Waals surface area contributed by atoms with Crippen LogP contribution in [-0.2, 0) is 19.1 Å². The lowest BCUT2D eigenvalue weighted by Gasteiger charge is -2.32. The first kappa shape index (κ1) is 40.0. The zero-order valence-corrected chi connectivity index (χ0v) is 33.5. The molecule has 0 unspecified atom stereocenters. The van der Waals surface area contributed by atoms with Gasteiger partial charge in [-0.25, -0.2) is 19.6 Å². The van der Waals surface area contributed by atoms with Gasteiger partial charge in [0.05, 0.1) is 43.0 Å². The van der Waals surface area contributed by atoms with E-state index in [1.165, 1.54) is 14.2 Å². The summed E-state index contributed by atoms with van der Waals surface area (Å²) in [5.41, 5.74) is 5.41. The Hall–Kier alpha value is -5.66. The first-order chi connectivity index (χ1) is 26.8. The molecule has 4 heterocycles. The fourth-order valence-electron chi connectivity index (χ4n) is 8.00. The number of ether oxygens (including phenoxy) is 2. The van der Waals surface area contributed by atoms with Crippen molar-refractivity contribution in [2.75, 3.05) is 14.2 Å². The molecule has 14 nitrogen and oxygen atoms in total. The molecular formula is C42H54N8O6. The lowest BCUT2D eigenvalue weighted by molar-refractivity contribution is -0.145. The van der Waals surface area contributed by atoms with Crippen molar-refractivity contribution in [3.63, 3.8) is 0 Å². The van der Waals surface area contributed by atoms with Gasteiger partial charge in [-0.3, -0.25) is 9.59 Å². The van der Waals surface area contributed by atoms with E-state index >= 15 is 0 Å². The van der Waals surface area contributed by atoms with E-state index in [1.807, 2.05) is 76.9 Å². The third-order valence-corrected chi connectivity index (χ3v) is 11.1. The van der Waals surface area contributed by atoms with Crippen molar-refractivity contribution in [3.8, 4) is 33.6 Å². The molecule has 14 heteroatoms. The highest BCUT2D eigenvalue weighted by atomic mass is 16.6. The molecule has 2 aliphatic heterocycles. The number of nitrogens with zero attached hydrogens (tertiary/aromatic N) is 4.